The van der Waals surface area contributed by atoms with E-state index in [0.717, 1.165) is 5.56 Å². The molecule has 0 spiro atoms. The van der Waals surface area contributed by atoms with Crippen molar-refractivity contribution in [1.29, 1.82) is 0 Å². The molecule has 0 aliphatic carbocycles. The predicted octanol–water partition coefficient (Wildman–Crippen LogP) is 2.67. The molecule has 92 valence electrons. The molecule has 3 nitrogen and oxygen atoms in total. The van der Waals surface area contributed by atoms with Gasteiger partial charge in [0.25, 0.3) is 0 Å². The average molecular weight is 248 g/mol. The maximum absolute atomic E-state index is 12.5. The summed E-state index contributed by atoms with van der Waals surface area (Å²) in [4.78, 5) is 9.32. The van der Waals surface area contributed by atoms with Gasteiger partial charge in [0, 0.05) is 12.8 Å². The molecule has 0 saturated heterocycles. The van der Waals surface area contributed by atoms with Gasteiger partial charge in [0.05, 0.1) is 6.61 Å². The van der Waals surface area contributed by atoms with Crippen molar-refractivity contribution in [2.24, 2.45) is 0 Å². The SMILES string of the molecule is CCO.CCOP(O)Cc1ccc(F)cc1. The number of aliphatic hydroxyl groups is 1. The molecule has 1 rings (SSSR count). The number of hydrogen-bond acceptors (Lipinski definition) is 3. The largest absolute Gasteiger partial charge is 0.397 e. The number of halogens is 1. The van der Waals surface area contributed by atoms with Gasteiger partial charge in [0.1, 0.15) is 5.82 Å². The Labute approximate surface area is 96.8 Å². The smallest absolute Gasteiger partial charge is 0.172 e. The van der Waals surface area contributed by atoms with Crippen LogP contribution in [0.25, 0.3) is 0 Å². The molecule has 1 aromatic rings. The summed E-state index contributed by atoms with van der Waals surface area (Å²) in [6, 6.07) is 6.06. The third-order valence-electron chi connectivity index (χ3n) is 1.51. The number of rotatable bonds is 4. The third-order valence-corrected chi connectivity index (χ3v) is 2.70. The van der Waals surface area contributed by atoms with Crippen LogP contribution in [0.1, 0.15) is 19.4 Å². The first-order valence-electron chi connectivity index (χ1n) is 5.08. The van der Waals surface area contributed by atoms with E-state index in [1.54, 1.807) is 19.1 Å². The van der Waals surface area contributed by atoms with Gasteiger partial charge in [-0.25, -0.2) is 4.39 Å². The van der Waals surface area contributed by atoms with Crippen LogP contribution in [0.4, 0.5) is 4.39 Å². The fourth-order valence-electron chi connectivity index (χ4n) is 0.941. The van der Waals surface area contributed by atoms with Crippen LogP contribution in [0.15, 0.2) is 24.3 Å². The van der Waals surface area contributed by atoms with E-state index in [2.05, 4.69) is 0 Å². The molecule has 0 bridgehead atoms. The molecule has 1 atom stereocenters. The molecule has 0 amide bonds. The fourth-order valence-corrected chi connectivity index (χ4v) is 1.85. The first-order chi connectivity index (χ1) is 7.63. The minimum absolute atomic E-state index is 0.250. The van der Waals surface area contributed by atoms with Crippen molar-refractivity contribution in [2.75, 3.05) is 13.2 Å². The van der Waals surface area contributed by atoms with Crippen LogP contribution in [-0.4, -0.2) is 23.2 Å². The first kappa shape index (κ1) is 15.5. The summed E-state index contributed by atoms with van der Waals surface area (Å²) in [5, 5.41) is 7.57. The summed E-state index contributed by atoms with van der Waals surface area (Å²) in [7, 11) is -1.39. The number of hydrogen-bond donors (Lipinski definition) is 2. The molecule has 0 aromatic heterocycles. The maximum Gasteiger partial charge on any atom is 0.172 e. The summed E-state index contributed by atoms with van der Waals surface area (Å²) in [5.41, 5.74) is 0.892. The lowest BCUT2D eigenvalue weighted by Crippen LogP contribution is -1.88. The quantitative estimate of drug-likeness (QED) is 0.805. The van der Waals surface area contributed by atoms with Crippen molar-refractivity contribution in [3.8, 4) is 0 Å². The van der Waals surface area contributed by atoms with Crippen molar-refractivity contribution in [3.05, 3.63) is 35.6 Å². The zero-order chi connectivity index (χ0) is 12.4. The lowest BCUT2D eigenvalue weighted by molar-refractivity contribution is 0.318. The van der Waals surface area contributed by atoms with Crippen molar-refractivity contribution in [3.63, 3.8) is 0 Å². The van der Waals surface area contributed by atoms with Gasteiger partial charge in [-0.05, 0) is 31.5 Å². The fraction of sp³-hybridized carbons (Fsp3) is 0.455. The zero-order valence-corrected chi connectivity index (χ0v) is 10.5. The lowest BCUT2D eigenvalue weighted by atomic mass is 10.2. The monoisotopic (exact) mass is 248 g/mol. The lowest BCUT2D eigenvalue weighted by Gasteiger charge is -2.08. The molecule has 2 N–H and O–H groups in total. The molecular formula is C11H18FO3P. The van der Waals surface area contributed by atoms with Crippen LogP contribution >= 0.6 is 8.38 Å². The Hall–Kier alpha value is -0.540. The second kappa shape index (κ2) is 9.67. The van der Waals surface area contributed by atoms with E-state index in [-0.39, 0.29) is 12.4 Å². The topological polar surface area (TPSA) is 49.7 Å². The van der Waals surface area contributed by atoms with Gasteiger partial charge in [0.15, 0.2) is 8.38 Å². The highest BCUT2D eigenvalue weighted by atomic mass is 31.2. The Morgan fingerprint density at radius 3 is 2.19 bits per heavy atom. The molecule has 16 heavy (non-hydrogen) atoms. The Kier molecular flexibility index (Phi) is 9.34. The van der Waals surface area contributed by atoms with Crippen LogP contribution < -0.4 is 0 Å². The van der Waals surface area contributed by atoms with Gasteiger partial charge in [-0.1, -0.05) is 12.1 Å². The molecule has 1 aromatic carbocycles. The maximum atomic E-state index is 12.5. The minimum atomic E-state index is -1.39. The first-order valence-corrected chi connectivity index (χ1v) is 6.48. The summed E-state index contributed by atoms with van der Waals surface area (Å²) in [6.45, 7) is 4.26. The zero-order valence-electron chi connectivity index (χ0n) is 9.56. The van der Waals surface area contributed by atoms with Crippen molar-refractivity contribution >= 4 is 8.38 Å². The van der Waals surface area contributed by atoms with Crippen LogP contribution in [0, 0.1) is 5.82 Å². The standard InChI is InChI=1S/C9H12FO2P.C2H6O/c1-2-12-13(11)7-8-3-5-9(10)6-4-8;1-2-3/h3-6,11H,2,7H2,1H3;3H,2H2,1H3. The van der Waals surface area contributed by atoms with E-state index in [1.165, 1.54) is 12.1 Å². The highest BCUT2D eigenvalue weighted by Gasteiger charge is 2.04. The molecule has 0 saturated carbocycles. The number of benzene rings is 1. The summed E-state index contributed by atoms with van der Waals surface area (Å²) >= 11 is 0. The summed E-state index contributed by atoms with van der Waals surface area (Å²) in [5.74, 6) is -0.262. The normalized spacial score (nSPS) is 11.6. The number of aliphatic hydroxyl groups excluding tert-OH is 1. The van der Waals surface area contributed by atoms with Gasteiger partial charge >= 0.3 is 0 Å². The van der Waals surface area contributed by atoms with E-state index >= 15 is 0 Å². The van der Waals surface area contributed by atoms with Gasteiger partial charge in [-0.3, -0.25) is 0 Å². The molecule has 0 heterocycles. The van der Waals surface area contributed by atoms with Gasteiger partial charge in [-0.2, -0.15) is 0 Å². The van der Waals surface area contributed by atoms with Crippen LogP contribution in [-0.2, 0) is 10.7 Å². The van der Waals surface area contributed by atoms with Crippen LogP contribution in [0.5, 0.6) is 0 Å². The van der Waals surface area contributed by atoms with E-state index in [1.807, 2.05) is 6.92 Å². The Balaban J connectivity index is 0.000000673. The molecule has 5 heteroatoms. The Morgan fingerprint density at radius 2 is 1.75 bits per heavy atom. The van der Waals surface area contributed by atoms with Crippen molar-refractivity contribution < 1.29 is 18.9 Å². The molecule has 0 fully saturated rings. The van der Waals surface area contributed by atoms with Gasteiger partial charge < -0.3 is 14.5 Å². The molecule has 0 aliphatic heterocycles. The summed E-state index contributed by atoms with van der Waals surface area (Å²) < 4.78 is 17.5. The van der Waals surface area contributed by atoms with E-state index < -0.39 is 8.38 Å². The van der Waals surface area contributed by atoms with E-state index in [9.17, 15) is 9.28 Å². The van der Waals surface area contributed by atoms with E-state index in [0.29, 0.717) is 12.8 Å². The predicted molar refractivity (Wildman–Crippen MR) is 63.6 cm³/mol. The van der Waals surface area contributed by atoms with E-state index in [4.69, 9.17) is 9.63 Å². The highest BCUT2D eigenvalue weighted by molar-refractivity contribution is 7.45. The molecular weight excluding hydrogens is 230 g/mol. The van der Waals surface area contributed by atoms with Gasteiger partial charge in [0.2, 0.25) is 0 Å². The Morgan fingerprint density at radius 1 is 1.25 bits per heavy atom. The van der Waals surface area contributed by atoms with Crippen LogP contribution in [0.3, 0.4) is 0 Å². The van der Waals surface area contributed by atoms with Crippen LogP contribution in [0.2, 0.25) is 0 Å². The Bertz CT molecular complexity index is 266. The molecule has 0 radical (unpaired) electrons. The average Bonchev–Trinajstić information content (AvgIpc) is 2.23. The van der Waals surface area contributed by atoms with Gasteiger partial charge in [-0.15, -0.1) is 0 Å². The highest BCUT2D eigenvalue weighted by Crippen LogP contribution is 2.35. The van der Waals surface area contributed by atoms with Crippen molar-refractivity contribution in [1.82, 2.24) is 0 Å². The molecule has 1 unspecified atom stereocenters. The van der Waals surface area contributed by atoms with Crippen molar-refractivity contribution in [2.45, 2.75) is 20.0 Å². The second-order valence-electron chi connectivity index (χ2n) is 2.87. The molecule has 0 aliphatic rings. The summed E-state index contributed by atoms with van der Waals surface area (Å²) in [6.07, 6.45) is 0.462. The second-order valence-corrected chi connectivity index (χ2v) is 4.15. The minimum Gasteiger partial charge on any atom is -0.397 e. The third kappa shape index (κ3) is 7.71.